The van der Waals surface area contributed by atoms with Gasteiger partial charge in [0.1, 0.15) is 0 Å². The summed E-state index contributed by atoms with van der Waals surface area (Å²) in [6.45, 7) is 6.66. The molecule has 0 aliphatic carbocycles. The standard InChI is InChI=1S/C29H36ClN5O2/c1-2-7-29(37)35-15-6-14-32(21-24-8-4-3-5-9-24)18-19-34(22-25-10-11-26(30)20-27(25)35)28(36)12-16-33-17-13-31-23-33/h3-5,8-11,13,17,20,23H,2,6-7,12,14-16,18-19,21-22H2,1H3. The van der Waals surface area contributed by atoms with Gasteiger partial charge in [0, 0.05) is 76.1 Å². The summed E-state index contributed by atoms with van der Waals surface area (Å²) in [5.41, 5.74) is 3.00. The molecule has 0 bridgehead atoms. The third kappa shape index (κ3) is 7.66. The van der Waals surface area contributed by atoms with Crippen molar-refractivity contribution < 1.29 is 9.59 Å². The number of anilines is 1. The molecule has 0 unspecified atom stereocenters. The highest BCUT2D eigenvalue weighted by Crippen LogP contribution is 2.28. The minimum Gasteiger partial charge on any atom is -0.337 e. The molecule has 0 spiro atoms. The average molecular weight is 522 g/mol. The second-order valence-electron chi connectivity index (χ2n) is 9.55. The molecule has 0 saturated heterocycles. The maximum atomic E-state index is 13.5. The minimum absolute atomic E-state index is 0.0833. The van der Waals surface area contributed by atoms with Crippen LogP contribution in [-0.2, 0) is 29.2 Å². The van der Waals surface area contributed by atoms with Gasteiger partial charge in [0.05, 0.1) is 12.0 Å². The molecule has 196 valence electrons. The molecular formula is C29H36ClN5O2. The monoisotopic (exact) mass is 521 g/mol. The van der Waals surface area contributed by atoms with Crippen LogP contribution in [0.25, 0.3) is 0 Å². The highest BCUT2D eigenvalue weighted by Gasteiger charge is 2.24. The number of halogens is 1. The van der Waals surface area contributed by atoms with Crippen LogP contribution in [0.3, 0.4) is 0 Å². The number of benzene rings is 2. The highest BCUT2D eigenvalue weighted by atomic mass is 35.5. The number of hydrogen-bond acceptors (Lipinski definition) is 4. The van der Waals surface area contributed by atoms with Crippen LogP contribution in [0.5, 0.6) is 0 Å². The van der Waals surface area contributed by atoms with E-state index in [2.05, 4.69) is 34.1 Å². The Bertz CT molecular complexity index is 1150. The van der Waals surface area contributed by atoms with Gasteiger partial charge in [-0.2, -0.15) is 0 Å². The summed E-state index contributed by atoms with van der Waals surface area (Å²) in [4.78, 5) is 37.0. The molecule has 3 aromatic rings. The van der Waals surface area contributed by atoms with E-state index in [-0.39, 0.29) is 11.8 Å². The molecule has 1 aliphatic rings. The van der Waals surface area contributed by atoms with Gasteiger partial charge in [-0.1, -0.05) is 54.9 Å². The first-order valence-electron chi connectivity index (χ1n) is 13.1. The van der Waals surface area contributed by atoms with E-state index in [0.29, 0.717) is 44.0 Å². The number of aromatic nitrogens is 2. The van der Waals surface area contributed by atoms with Gasteiger partial charge in [-0.15, -0.1) is 0 Å². The van der Waals surface area contributed by atoms with E-state index >= 15 is 0 Å². The Morgan fingerprint density at radius 2 is 1.81 bits per heavy atom. The van der Waals surface area contributed by atoms with Crippen molar-refractivity contribution in [3.8, 4) is 0 Å². The van der Waals surface area contributed by atoms with Crippen LogP contribution >= 0.6 is 11.6 Å². The van der Waals surface area contributed by atoms with Crippen molar-refractivity contribution in [2.45, 2.75) is 52.2 Å². The zero-order valence-corrected chi connectivity index (χ0v) is 22.3. The Kier molecular flexibility index (Phi) is 9.74. The lowest BCUT2D eigenvalue weighted by Gasteiger charge is -2.28. The zero-order valence-electron chi connectivity index (χ0n) is 21.6. The molecule has 0 saturated carbocycles. The average Bonchev–Trinajstić information content (AvgIpc) is 3.41. The molecule has 0 N–H and O–H groups in total. The Balaban J connectivity index is 1.61. The summed E-state index contributed by atoms with van der Waals surface area (Å²) in [5.74, 6) is 0.179. The third-order valence-electron chi connectivity index (χ3n) is 6.75. The molecule has 37 heavy (non-hydrogen) atoms. The van der Waals surface area contributed by atoms with Gasteiger partial charge in [-0.25, -0.2) is 4.98 Å². The fourth-order valence-electron chi connectivity index (χ4n) is 4.78. The van der Waals surface area contributed by atoms with Gasteiger partial charge in [0.25, 0.3) is 0 Å². The lowest BCUT2D eigenvalue weighted by Crippen LogP contribution is -2.38. The topological polar surface area (TPSA) is 61.7 Å². The summed E-state index contributed by atoms with van der Waals surface area (Å²) in [7, 11) is 0. The Morgan fingerprint density at radius 1 is 0.973 bits per heavy atom. The van der Waals surface area contributed by atoms with E-state index < -0.39 is 0 Å². The Hall–Kier alpha value is -3.16. The predicted octanol–water partition coefficient (Wildman–Crippen LogP) is 4.99. The van der Waals surface area contributed by atoms with Crippen LogP contribution in [0, 0.1) is 0 Å². The quantitative estimate of drug-likeness (QED) is 0.439. The van der Waals surface area contributed by atoms with Crippen molar-refractivity contribution in [2.24, 2.45) is 0 Å². The fraction of sp³-hybridized carbons (Fsp3) is 0.414. The van der Waals surface area contributed by atoms with Crippen molar-refractivity contribution in [3.05, 3.63) is 83.4 Å². The van der Waals surface area contributed by atoms with E-state index in [9.17, 15) is 9.59 Å². The molecule has 8 heteroatoms. The molecule has 1 aromatic heterocycles. The number of imidazole rings is 1. The van der Waals surface area contributed by atoms with Crippen LogP contribution in [0.4, 0.5) is 5.69 Å². The van der Waals surface area contributed by atoms with Crippen LogP contribution in [0.2, 0.25) is 5.02 Å². The minimum atomic E-state index is 0.0833. The maximum Gasteiger partial charge on any atom is 0.226 e. The van der Waals surface area contributed by atoms with Gasteiger partial charge in [-0.3, -0.25) is 14.5 Å². The van der Waals surface area contributed by atoms with Crippen molar-refractivity contribution in [1.29, 1.82) is 0 Å². The number of amides is 2. The maximum absolute atomic E-state index is 13.5. The molecule has 2 amide bonds. The number of hydrogen-bond donors (Lipinski definition) is 0. The first kappa shape index (κ1) is 26.9. The zero-order chi connectivity index (χ0) is 26.0. The smallest absolute Gasteiger partial charge is 0.226 e. The first-order valence-corrected chi connectivity index (χ1v) is 13.5. The second kappa shape index (κ2) is 13.4. The van der Waals surface area contributed by atoms with Gasteiger partial charge < -0.3 is 14.4 Å². The number of rotatable bonds is 7. The largest absolute Gasteiger partial charge is 0.337 e. The van der Waals surface area contributed by atoms with Crippen LogP contribution < -0.4 is 4.90 Å². The van der Waals surface area contributed by atoms with Crippen LogP contribution in [0.1, 0.15) is 43.7 Å². The molecule has 0 radical (unpaired) electrons. The molecule has 7 nitrogen and oxygen atoms in total. The number of carbonyl (C=O) groups excluding carboxylic acids is 2. The molecule has 0 fully saturated rings. The summed E-state index contributed by atoms with van der Waals surface area (Å²) >= 11 is 6.41. The van der Waals surface area contributed by atoms with Gasteiger partial charge >= 0.3 is 0 Å². The van der Waals surface area contributed by atoms with Crippen molar-refractivity contribution in [2.75, 3.05) is 31.1 Å². The molecule has 1 aliphatic heterocycles. The summed E-state index contributed by atoms with van der Waals surface area (Å²) in [5, 5.41) is 0.589. The van der Waals surface area contributed by atoms with Gasteiger partial charge in [0.2, 0.25) is 11.8 Å². The molecule has 2 heterocycles. The van der Waals surface area contributed by atoms with E-state index in [1.807, 2.05) is 51.8 Å². The van der Waals surface area contributed by atoms with E-state index in [0.717, 1.165) is 43.7 Å². The van der Waals surface area contributed by atoms with E-state index in [4.69, 9.17) is 11.6 Å². The van der Waals surface area contributed by atoms with Crippen molar-refractivity contribution in [3.63, 3.8) is 0 Å². The Labute approximate surface area is 224 Å². The van der Waals surface area contributed by atoms with Crippen molar-refractivity contribution in [1.82, 2.24) is 19.4 Å². The van der Waals surface area contributed by atoms with Crippen LogP contribution in [-0.4, -0.2) is 57.3 Å². The van der Waals surface area contributed by atoms with E-state index in [1.165, 1.54) is 5.56 Å². The predicted molar refractivity (Wildman–Crippen MR) is 147 cm³/mol. The van der Waals surface area contributed by atoms with E-state index in [1.54, 1.807) is 12.5 Å². The lowest BCUT2D eigenvalue weighted by atomic mass is 10.1. The number of carbonyl (C=O) groups is 2. The second-order valence-corrected chi connectivity index (χ2v) is 9.99. The summed E-state index contributed by atoms with van der Waals surface area (Å²) in [6, 6.07) is 16.1. The SMILES string of the molecule is CCCC(=O)N1CCCN(Cc2ccccc2)CCN(C(=O)CCn2ccnc2)Cc2ccc(Cl)cc21. The lowest BCUT2D eigenvalue weighted by molar-refractivity contribution is -0.132. The molecular weight excluding hydrogens is 486 g/mol. The fourth-order valence-corrected chi connectivity index (χ4v) is 4.94. The van der Waals surface area contributed by atoms with Crippen LogP contribution in [0.15, 0.2) is 67.3 Å². The first-order chi connectivity index (χ1) is 18.0. The number of fused-ring (bicyclic) bond motifs is 1. The summed E-state index contributed by atoms with van der Waals surface area (Å²) < 4.78 is 1.92. The van der Waals surface area contributed by atoms with Gasteiger partial charge in [-0.05, 0) is 36.1 Å². The Morgan fingerprint density at radius 3 is 2.57 bits per heavy atom. The summed E-state index contributed by atoms with van der Waals surface area (Å²) in [6.07, 6.45) is 7.81. The van der Waals surface area contributed by atoms with Crippen molar-refractivity contribution >= 4 is 29.1 Å². The molecule has 4 rings (SSSR count). The number of aryl methyl sites for hydroxylation is 1. The normalized spacial score (nSPS) is 15.2. The number of nitrogens with zero attached hydrogens (tertiary/aromatic N) is 5. The van der Waals surface area contributed by atoms with Gasteiger partial charge in [0.15, 0.2) is 0 Å². The molecule has 2 aromatic carbocycles. The third-order valence-corrected chi connectivity index (χ3v) is 6.99. The molecule has 0 atom stereocenters. The highest BCUT2D eigenvalue weighted by molar-refractivity contribution is 6.31.